The summed E-state index contributed by atoms with van der Waals surface area (Å²) in [6.07, 6.45) is 48.5. The van der Waals surface area contributed by atoms with Crippen LogP contribution < -0.4 is 5.32 Å². The number of carbonyl (C=O) groups excluding carboxylic acids is 2. The molecule has 312 valence electrons. The quantitative estimate of drug-likeness (QED) is 0.0328. The van der Waals surface area contributed by atoms with Crippen LogP contribution in [-0.4, -0.2) is 47.4 Å². The highest BCUT2D eigenvalue weighted by Gasteiger charge is 2.20. The molecule has 0 bridgehead atoms. The van der Waals surface area contributed by atoms with Crippen molar-refractivity contribution in [3.63, 3.8) is 0 Å². The summed E-state index contributed by atoms with van der Waals surface area (Å²) in [5, 5.41) is 23.1. The Morgan fingerprint density at radius 3 is 1.40 bits per heavy atom. The third-order valence-electron chi connectivity index (χ3n) is 10.5. The van der Waals surface area contributed by atoms with Crippen molar-refractivity contribution in [3.05, 3.63) is 24.3 Å². The number of aliphatic hydroxyl groups excluding tert-OH is 2. The van der Waals surface area contributed by atoms with E-state index in [0.29, 0.717) is 25.9 Å². The molecule has 0 aromatic heterocycles. The third kappa shape index (κ3) is 39.8. The minimum Gasteiger partial charge on any atom is -0.466 e. The van der Waals surface area contributed by atoms with Crippen LogP contribution in [0.15, 0.2) is 24.3 Å². The minimum atomic E-state index is -0.685. The van der Waals surface area contributed by atoms with Crippen LogP contribution in [0.2, 0.25) is 0 Å². The normalized spacial score (nSPS) is 12.9. The average Bonchev–Trinajstić information content (AvgIpc) is 3.16. The van der Waals surface area contributed by atoms with E-state index in [2.05, 4.69) is 43.5 Å². The fourth-order valence-electron chi connectivity index (χ4n) is 6.85. The van der Waals surface area contributed by atoms with Crippen molar-refractivity contribution in [2.45, 2.75) is 251 Å². The highest BCUT2D eigenvalue weighted by molar-refractivity contribution is 5.76. The zero-order valence-corrected chi connectivity index (χ0v) is 35.2. The van der Waals surface area contributed by atoms with Crippen LogP contribution >= 0.6 is 0 Å². The van der Waals surface area contributed by atoms with E-state index in [4.69, 9.17) is 4.74 Å². The molecular formula is C47H89NO5. The van der Waals surface area contributed by atoms with Crippen molar-refractivity contribution in [2.24, 2.45) is 0 Å². The lowest BCUT2D eigenvalue weighted by Crippen LogP contribution is -2.45. The topological polar surface area (TPSA) is 95.9 Å². The molecule has 6 nitrogen and oxygen atoms in total. The van der Waals surface area contributed by atoms with Crippen LogP contribution in [0.5, 0.6) is 0 Å². The second kappa shape index (κ2) is 43.1. The Bertz CT molecular complexity index is 828. The molecule has 53 heavy (non-hydrogen) atoms. The molecule has 0 aliphatic heterocycles. The maximum Gasteiger partial charge on any atom is 0.305 e. The lowest BCUT2D eigenvalue weighted by atomic mass is 10.0. The predicted octanol–water partition coefficient (Wildman–Crippen LogP) is 13.2. The summed E-state index contributed by atoms with van der Waals surface area (Å²) in [5.74, 6) is -0.120. The van der Waals surface area contributed by atoms with E-state index < -0.39 is 12.1 Å². The third-order valence-corrected chi connectivity index (χ3v) is 10.5. The van der Waals surface area contributed by atoms with Crippen molar-refractivity contribution >= 4 is 11.9 Å². The molecule has 0 aliphatic rings. The van der Waals surface area contributed by atoms with Gasteiger partial charge in [0, 0.05) is 12.8 Å². The van der Waals surface area contributed by atoms with Gasteiger partial charge in [0.15, 0.2) is 0 Å². The number of hydrogen-bond acceptors (Lipinski definition) is 5. The Morgan fingerprint density at radius 2 is 0.906 bits per heavy atom. The molecule has 3 N–H and O–H groups in total. The van der Waals surface area contributed by atoms with E-state index in [1.54, 1.807) is 0 Å². The molecule has 0 spiro atoms. The lowest BCUT2D eigenvalue weighted by Gasteiger charge is -2.22. The SMILES string of the molecule is CCCC/C=C\CCCCCCCC(=O)OCCCC/C=C\CCCCCCC(=O)NC(CO)C(O)CCCCCCCCCCCCCCCCC. The molecule has 0 fully saturated rings. The van der Waals surface area contributed by atoms with Gasteiger partial charge in [-0.3, -0.25) is 9.59 Å². The number of esters is 1. The fourth-order valence-corrected chi connectivity index (χ4v) is 6.85. The van der Waals surface area contributed by atoms with Crippen molar-refractivity contribution in [1.82, 2.24) is 5.32 Å². The molecule has 0 heterocycles. The summed E-state index contributed by atoms with van der Waals surface area (Å²) < 4.78 is 5.40. The number of nitrogens with one attached hydrogen (secondary N) is 1. The standard InChI is InChI=1S/C47H89NO5/c1-3-5-7-9-11-13-15-16-17-18-20-23-27-31-35-39-45(50)44(43-49)48-46(51)40-36-32-28-24-21-22-26-30-34-38-42-53-47(52)41-37-33-29-25-19-14-12-10-8-6-4-2/h10,12,22,26,44-45,49-50H,3-9,11,13-21,23-25,27-43H2,1-2H3,(H,48,51)/b12-10-,26-22-. The van der Waals surface area contributed by atoms with Crippen molar-refractivity contribution in [2.75, 3.05) is 13.2 Å². The van der Waals surface area contributed by atoms with Gasteiger partial charge in [-0.25, -0.2) is 0 Å². The number of unbranched alkanes of at least 4 members (excludes halogenated alkanes) is 27. The highest BCUT2D eigenvalue weighted by atomic mass is 16.5. The zero-order valence-electron chi connectivity index (χ0n) is 35.2. The first-order chi connectivity index (χ1) is 26.0. The molecule has 6 heteroatoms. The summed E-state index contributed by atoms with van der Waals surface area (Å²) in [6.45, 7) is 4.81. The second-order valence-electron chi connectivity index (χ2n) is 15.7. The van der Waals surface area contributed by atoms with Crippen molar-refractivity contribution in [1.29, 1.82) is 0 Å². The van der Waals surface area contributed by atoms with Gasteiger partial charge in [-0.1, -0.05) is 179 Å². The summed E-state index contributed by atoms with van der Waals surface area (Å²) in [4.78, 5) is 24.3. The first kappa shape index (κ1) is 51.3. The highest BCUT2D eigenvalue weighted by Crippen LogP contribution is 2.15. The van der Waals surface area contributed by atoms with Crippen LogP contribution in [-0.2, 0) is 14.3 Å². The maximum absolute atomic E-state index is 12.4. The molecule has 0 saturated heterocycles. The van der Waals surface area contributed by atoms with Crippen LogP contribution in [0, 0.1) is 0 Å². The fraction of sp³-hybridized carbons (Fsp3) is 0.872. The Labute approximate surface area is 329 Å². The van der Waals surface area contributed by atoms with Crippen LogP contribution in [0.4, 0.5) is 0 Å². The van der Waals surface area contributed by atoms with Gasteiger partial charge in [-0.2, -0.15) is 0 Å². The van der Waals surface area contributed by atoms with Gasteiger partial charge in [0.25, 0.3) is 0 Å². The smallest absolute Gasteiger partial charge is 0.305 e. The summed E-state index contributed by atoms with van der Waals surface area (Å²) in [7, 11) is 0. The van der Waals surface area contributed by atoms with Gasteiger partial charge in [0.05, 0.1) is 25.4 Å². The van der Waals surface area contributed by atoms with Gasteiger partial charge >= 0.3 is 5.97 Å². The Hall–Kier alpha value is -1.66. The first-order valence-corrected chi connectivity index (χ1v) is 23.1. The van der Waals surface area contributed by atoms with Crippen LogP contribution in [0.3, 0.4) is 0 Å². The zero-order chi connectivity index (χ0) is 38.7. The largest absolute Gasteiger partial charge is 0.466 e. The number of ether oxygens (including phenoxy) is 1. The molecule has 0 aromatic rings. The molecule has 0 aromatic carbocycles. The minimum absolute atomic E-state index is 0.0479. The van der Waals surface area contributed by atoms with E-state index in [0.717, 1.165) is 77.0 Å². The maximum atomic E-state index is 12.4. The molecule has 2 atom stereocenters. The van der Waals surface area contributed by atoms with E-state index in [-0.39, 0.29) is 18.5 Å². The van der Waals surface area contributed by atoms with E-state index in [1.807, 2.05) is 0 Å². The second-order valence-corrected chi connectivity index (χ2v) is 15.7. The predicted molar refractivity (Wildman–Crippen MR) is 227 cm³/mol. The van der Waals surface area contributed by atoms with E-state index in [9.17, 15) is 19.8 Å². The summed E-state index contributed by atoms with van der Waals surface area (Å²) in [6, 6.07) is -0.566. The number of allylic oxidation sites excluding steroid dienone is 4. The van der Waals surface area contributed by atoms with Crippen molar-refractivity contribution in [3.8, 4) is 0 Å². The van der Waals surface area contributed by atoms with Gasteiger partial charge in [-0.15, -0.1) is 0 Å². The number of rotatable bonds is 42. The lowest BCUT2D eigenvalue weighted by molar-refractivity contribution is -0.143. The monoisotopic (exact) mass is 748 g/mol. The number of carbonyl (C=O) groups is 2. The number of hydrogen-bond donors (Lipinski definition) is 3. The molecule has 0 rings (SSSR count). The number of amides is 1. The van der Waals surface area contributed by atoms with Gasteiger partial charge in [-0.05, 0) is 70.6 Å². The van der Waals surface area contributed by atoms with E-state index in [1.165, 1.54) is 128 Å². The van der Waals surface area contributed by atoms with Crippen LogP contribution in [0.1, 0.15) is 239 Å². The first-order valence-electron chi connectivity index (χ1n) is 23.1. The Balaban J connectivity index is 3.56. The Morgan fingerprint density at radius 1 is 0.509 bits per heavy atom. The molecule has 2 unspecified atom stereocenters. The Kier molecular flexibility index (Phi) is 41.7. The molecule has 0 radical (unpaired) electrons. The van der Waals surface area contributed by atoms with Crippen molar-refractivity contribution < 1.29 is 24.5 Å². The number of aliphatic hydroxyl groups is 2. The van der Waals surface area contributed by atoms with Gasteiger partial charge < -0.3 is 20.3 Å². The molecule has 0 saturated carbocycles. The van der Waals surface area contributed by atoms with Crippen LogP contribution in [0.25, 0.3) is 0 Å². The van der Waals surface area contributed by atoms with Gasteiger partial charge in [0.2, 0.25) is 5.91 Å². The molecule has 1 amide bonds. The molecule has 0 aliphatic carbocycles. The molecular weight excluding hydrogens is 659 g/mol. The average molecular weight is 748 g/mol. The van der Waals surface area contributed by atoms with E-state index >= 15 is 0 Å². The summed E-state index contributed by atoms with van der Waals surface area (Å²) >= 11 is 0. The summed E-state index contributed by atoms with van der Waals surface area (Å²) in [5.41, 5.74) is 0. The van der Waals surface area contributed by atoms with Gasteiger partial charge in [0.1, 0.15) is 0 Å².